The third kappa shape index (κ3) is 6.36. The number of aliphatic carboxylic acids is 1. The quantitative estimate of drug-likeness (QED) is 0.329. The van der Waals surface area contributed by atoms with Gasteiger partial charge in [0.1, 0.15) is 11.9 Å². The first-order chi connectivity index (χ1) is 21.4. The molecule has 3 aliphatic rings. The summed E-state index contributed by atoms with van der Waals surface area (Å²) in [7, 11) is 0. The van der Waals surface area contributed by atoms with Crippen molar-refractivity contribution in [3.05, 3.63) is 63.0 Å². The number of carbonyl (C=O) groups is 2. The smallest absolute Gasteiger partial charge is 0.338 e. The topological polar surface area (TPSA) is 155 Å². The van der Waals surface area contributed by atoms with Crippen LogP contribution in [0.5, 0.6) is 0 Å². The number of rotatable bonds is 10. The van der Waals surface area contributed by atoms with E-state index in [9.17, 15) is 29.5 Å². The molecule has 0 amide bonds. The standard InChI is InChI=1S/C31H38FN7O5S/c1-5-44-27(40)23-22(35-25(26-34-11-14-45-26)36-24(23)20-7-6-8-21(32)19(20)2)15-37-12-13-39-29(43)38(16-30(3,4)28(41)42)18-31(39,17-37)9-10-33/h6-8,11,14,24,29,43H,5,9,12-13,15-18H2,1-4H3,(H,35,36)(H,41,42). The molecule has 0 spiro atoms. The largest absolute Gasteiger partial charge is 0.481 e. The minimum atomic E-state index is -1.11. The van der Waals surface area contributed by atoms with Crippen LogP contribution in [0.2, 0.25) is 0 Å². The Hall–Kier alpha value is -3.74. The third-order valence-electron chi connectivity index (χ3n) is 8.71. The maximum absolute atomic E-state index is 14.8. The van der Waals surface area contributed by atoms with Crippen LogP contribution in [-0.2, 0) is 14.3 Å². The Kier molecular flexibility index (Phi) is 9.39. The fraction of sp³-hybridized carbons (Fsp3) is 0.516. The maximum atomic E-state index is 14.8. The highest BCUT2D eigenvalue weighted by atomic mass is 32.1. The summed E-state index contributed by atoms with van der Waals surface area (Å²) in [5, 5.41) is 36.6. The number of nitrogens with zero attached hydrogens (tertiary/aromatic N) is 6. The lowest BCUT2D eigenvalue weighted by molar-refractivity contribution is -0.151. The number of hydrogen-bond acceptors (Lipinski definition) is 12. The van der Waals surface area contributed by atoms with Crippen molar-refractivity contribution in [2.45, 2.75) is 52.0 Å². The van der Waals surface area contributed by atoms with E-state index in [-0.39, 0.29) is 31.7 Å². The van der Waals surface area contributed by atoms with Crippen LogP contribution in [-0.4, -0.2) is 105 Å². The summed E-state index contributed by atoms with van der Waals surface area (Å²) in [6.45, 7) is 8.66. The summed E-state index contributed by atoms with van der Waals surface area (Å²) in [6, 6.07) is 6.13. The first-order valence-corrected chi connectivity index (χ1v) is 15.7. The number of piperazine rings is 1. The average molecular weight is 640 g/mol. The van der Waals surface area contributed by atoms with E-state index in [2.05, 4.69) is 21.3 Å². The first kappa shape index (κ1) is 32.6. The molecule has 0 saturated carbocycles. The SMILES string of the molecule is CCOC(=O)C1=C(CN2CCN3C(O)N(CC(C)(C)C(=O)O)CC3(CC#N)C2)NC(c2nccs2)=NC1c1cccc(F)c1C. The van der Waals surface area contributed by atoms with E-state index in [0.29, 0.717) is 53.8 Å². The summed E-state index contributed by atoms with van der Waals surface area (Å²) in [5.74, 6) is -1.50. The van der Waals surface area contributed by atoms with Gasteiger partial charge >= 0.3 is 11.9 Å². The number of amidine groups is 1. The van der Waals surface area contributed by atoms with Gasteiger partial charge < -0.3 is 20.3 Å². The van der Waals surface area contributed by atoms with Gasteiger partial charge in [0.2, 0.25) is 0 Å². The van der Waals surface area contributed by atoms with Gasteiger partial charge in [-0.15, -0.1) is 11.3 Å². The van der Waals surface area contributed by atoms with Crippen LogP contribution < -0.4 is 5.32 Å². The predicted molar refractivity (Wildman–Crippen MR) is 164 cm³/mol. The van der Waals surface area contributed by atoms with E-state index in [1.54, 1.807) is 50.9 Å². The molecule has 3 N–H and O–H groups in total. The highest BCUT2D eigenvalue weighted by Gasteiger charge is 2.54. The van der Waals surface area contributed by atoms with E-state index in [0.717, 1.165) is 0 Å². The molecule has 240 valence electrons. The number of hydrogen-bond donors (Lipinski definition) is 3. The second-order valence-corrected chi connectivity index (χ2v) is 13.2. The molecule has 3 aliphatic heterocycles. The number of aliphatic hydroxyl groups is 1. The first-order valence-electron chi connectivity index (χ1n) is 14.8. The van der Waals surface area contributed by atoms with Crippen LogP contribution in [0.1, 0.15) is 49.4 Å². The van der Waals surface area contributed by atoms with Gasteiger partial charge in [0.25, 0.3) is 0 Å². The molecule has 5 rings (SSSR count). The average Bonchev–Trinajstić information content (AvgIpc) is 3.61. The van der Waals surface area contributed by atoms with Crippen molar-refractivity contribution in [1.82, 2.24) is 25.0 Å². The van der Waals surface area contributed by atoms with Crippen molar-refractivity contribution < 1.29 is 28.9 Å². The number of carbonyl (C=O) groups excluding carboxylic acids is 1. The van der Waals surface area contributed by atoms with E-state index in [1.165, 1.54) is 17.4 Å². The lowest BCUT2D eigenvalue weighted by atomic mass is 9.89. The van der Waals surface area contributed by atoms with Crippen molar-refractivity contribution in [3.63, 3.8) is 0 Å². The fourth-order valence-electron chi connectivity index (χ4n) is 6.43. The van der Waals surface area contributed by atoms with E-state index in [1.807, 2.05) is 10.3 Å². The summed E-state index contributed by atoms with van der Waals surface area (Å²) in [4.78, 5) is 40.4. The van der Waals surface area contributed by atoms with Gasteiger partial charge in [-0.3, -0.25) is 24.5 Å². The van der Waals surface area contributed by atoms with Crippen molar-refractivity contribution in [2.24, 2.45) is 10.4 Å². The Morgan fingerprint density at radius 2 is 2.09 bits per heavy atom. The fourth-order valence-corrected chi connectivity index (χ4v) is 7.01. The molecule has 0 aliphatic carbocycles. The zero-order chi connectivity index (χ0) is 32.5. The Morgan fingerprint density at radius 3 is 2.76 bits per heavy atom. The predicted octanol–water partition coefficient (Wildman–Crippen LogP) is 2.47. The van der Waals surface area contributed by atoms with Crippen molar-refractivity contribution in [1.29, 1.82) is 5.26 Å². The second kappa shape index (κ2) is 12.9. The number of fused-ring (bicyclic) bond motifs is 1. The number of carboxylic acid groups (broad SMARTS) is 1. The number of esters is 1. The molecule has 0 bridgehead atoms. The second-order valence-electron chi connectivity index (χ2n) is 12.3. The van der Waals surface area contributed by atoms with Gasteiger partial charge in [-0.2, -0.15) is 5.26 Å². The number of nitriles is 1. The number of halogens is 1. The summed E-state index contributed by atoms with van der Waals surface area (Å²) < 4.78 is 20.3. The molecule has 3 unspecified atom stereocenters. The molecule has 3 atom stereocenters. The Balaban J connectivity index is 1.52. The molecule has 4 heterocycles. The zero-order valence-corrected chi connectivity index (χ0v) is 26.6. The van der Waals surface area contributed by atoms with Crippen molar-refractivity contribution >= 4 is 29.1 Å². The normalized spacial score (nSPS) is 24.5. The molecule has 14 heteroatoms. The van der Waals surface area contributed by atoms with Crippen LogP contribution in [0, 0.1) is 29.5 Å². The minimum absolute atomic E-state index is 0.106. The highest BCUT2D eigenvalue weighted by molar-refractivity contribution is 7.11. The summed E-state index contributed by atoms with van der Waals surface area (Å²) in [5.41, 5.74) is -0.176. The monoisotopic (exact) mass is 639 g/mol. The van der Waals surface area contributed by atoms with Gasteiger partial charge in [0.05, 0.1) is 35.6 Å². The van der Waals surface area contributed by atoms with Crippen molar-refractivity contribution in [2.75, 3.05) is 45.9 Å². The Bertz CT molecular complexity index is 1560. The number of aromatic nitrogens is 1. The van der Waals surface area contributed by atoms with Crippen LogP contribution in [0.25, 0.3) is 0 Å². The number of ether oxygens (including phenoxy) is 1. The number of nitrogens with one attached hydrogen (secondary N) is 1. The van der Waals surface area contributed by atoms with Gasteiger partial charge in [-0.05, 0) is 44.9 Å². The van der Waals surface area contributed by atoms with Crippen LogP contribution in [0.3, 0.4) is 0 Å². The lowest BCUT2D eigenvalue weighted by Gasteiger charge is -2.46. The van der Waals surface area contributed by atoms with Gasteiger partial charge in [-0.25, -0.2) is 14.2 Å². The molecular formula is C31H38FN7O5S. The number of aliphatic imine (C=N–C) groups is 1. The molecule has 2 saturated heterocycles. The number of benzene rings is 1. The molecule has 45 heavy (non-hydrogen) atoms. The molecule has 0 radical (unpaired) electrons. The number of carboxylic acids is 1. The van der Waals surface area contributed by atoms with Crippen LogP contribution in [0.15, 0.2) is 46.0 Å². The summed E-state index contributed by atoms with van der Waals surface area (Å²) >= 11 is 1.38. The molecular weight excluding hydrogens is 601 g/mol. The van der Waals surface area contributed by atoms with E-state index in [4.69, 9.17) is 9.73 Å². The molecule has 12 nitrogen and oxygen atoms in total. The van der Waals surface area contributed by atoms with Crippen LogP contribution >= 0.6 is 11.3 Å². The van der Waals surface area contributed by atoms with Gasteiger partial charge in [0.15, 0.2) is 17.2 Å². The third-order valence-corrected chi connectivity index (χ3v) is 9.49. The van der Waals surface area contributed by atoms with Gasteiger partial charge in [-0.1, -0.05) is 12.1 Å². The molecule has 2 fully saturated rings. The molecule has 2 aromatic rings. The minimum Gasteiger partial charge on any atom is -0.481 e. The van der Waals surface area contributed by atoms with Crippen molar-refractivity contribution in [3.8, 4) is 6.07 Å². The highest BCUT2D eigenvalue weighted by Crippen LogP contribution is 2.39. The lowest BCUT2D eigenvalue weighted by Crippen LogP contribution is -2.62. The van der Waals surface area contributed by atoms with E-state index < -0.39 is 41.1 Å². The Morgan fingerprint density at radius 1 is 1.31 bits per heavy atom. The maximum Gasteiger partial charge on any atom is 0.338 e. The molecule has 1 aromatic heterocycles. The van der Waals surface area contributed by atoms with Crippen LogP contribution in [0.4, 0.5) is 4.39 Å². The zero-order valence-electron chi connectivity index (χ0n) is 25.8. The number of aliphatic hydroxyl groups excluding tert-OH is 1. The van der Waals surface area contributed by atoms with E-state index >= 15 is 0 Å². The number of thiazole rings is 1. The molecule has 1 aromatic carbocycles. The van der Waals surface area contributed by atoms with Gasteiger partial charge in [0, 0.05) is 56.5 Å². The summed E-state index contributed by atoms with van der Waals surface area (Å²) in [6.07, 6.45) is 0.730. The Labute approximate surface area is 265 Å².